The summed E-state index contributed by atoms with van der Waals surface area (Å²) in [6.45, 7) is 1.17. The summed E-state index contributed by atoms with van der Waals surface area (Å²) in [7, 11) is -3.98. The predicted molar refractivity (Wildman–Crippen MR) is 104 cm³/mol. The summed E-state index contributed by atoms with van der Waals surface area (Å²) in [6, 6.07) is 5.20. The fourth-order valence-electron chi connectivity index (χ4n) is 4.05. The third kappa shape index (κ3) is 5.09. The molecule has 2 aromatic rings. The summed E-state index contributed by atoms with van der Waals surface area (Å²) >= 11 is 0. The van der Waals surface area contributed by atoms with Crippen molar-refractivity contribution in [3.63, 3.8) is 0 Å². The second-order valence-electron chi connectivity index (χ2n) is 7.89. The number of rotatable bonds is 4. The fourth-order valence-corrected chi connectivity index (χ4v) is 5.52. The number of pyridine rings is 1. The van der Waals surface area contributed by atoms with E-state index in [9.17, 15) is 34.8 Å². The molecule has 180 valence electrons. The Hall–Kier alpha value is -2.38. The van der Waals surface area contributed by atoms with Crippen molar-refractivity contribution in [3.05, 3.63) is 53.9 Å². The molecule has 0 aliphatic carbocycles. The van der Waals surface area contributed by atoms with Gasteiger partial charge in [0.15, 0.2) is 0 Å². The minimum atomic E-state index is -4.56. The Labute approximate surface area is 185 Å². The van der Waals surface area contributed by atoms with E-state index >= 15 is 0 Å². The van der Waals surface area contributed by atoms with Crippen molar-refractivity contribution in [3.8, 4) is 5.75 Å². The van der Waals surface area contributed by atoms with Crippen LogP contribution in [0.1, 0.15) is 17.7 Å². The lowest BCUT2D eigenvalue weighted by Gasteiger charge is -2.36. The van der Waals surface area contributed by atoms with Gasteiger partial charge in [0.25, 0.3) is 0 Å². The Morgan fingerprint density at radius 3 is 2.18 bits per heavy atom. The lowest BCUT2D eigenvalue weighted by molar-refractivity contribution is -0.141. The lowest BCUT2D eigenvalue weighted by Crippen LogP contribution is -2.51. The van der Waals surface area contributed by atoms with E-state index in [4.69, 9.17) is 4.74 Å². The molecule has 0 spiro atoms. The second kappa shape index (κ2) is 8.44. The second-order valence-corrected chi connectivity index (χ2v) is 9.82. The van der Waals surface area contributed by atoms with Crippen molar-refractivity contribution in [1.29, 1.82) is 0 Å². The average molecular weight is 495 g/mol. The van der Waals surface area contributed by atoms with E-state index in [1.54, 1.807) is 0 Å². The largest absolute Gasteiger partial charge is 0.487 e. The zero-order chi connectivity index (χ0) is 24.0. The van der Waals surface area contributed by atoms with Gasteiger partial charge in [-0.2, -0.15) is 30.6 Å². The molecule has 2 aliphatic rings. The summed E-state index contributed by atoms with van der Waals surface area (Å²) in [4.78, 5) is 5.17. The molecular formula is C20H19F6N3O3S. The van der Waals surface area contributed by atoms with Crippen molar-refractivity contribution in [1.82, 2.24) is 14.2 Å². The Bertz CT molecular complexity index is 1090. The molecule has 0 unspecified atom stereocenters. The highest BCUT2D eigenvalue weighted by Gasteiger charge is 2.41. The first kappa shape index (κ1) is 23.8. The Balaban J connectivity index is 1.40. The number of halogens is 6. The summed E-state index contributed by atoms with van der Waals surface area (Å²) < 4.78 is 109. The van der Waals surface area contributed by atoms with Crippen LogP contribution in [0.4, 0.5) is 26.3 Å². The summed E-state index contributed by atoms with van der Waals surface area (Å²) in [6.07, 6.45) is -8.02. The maximum atomic E-state index is 12.9. The maximum absolute atomic E-state index is 12.9. The number of sulfonamides is 1. The van der Waals surface area contributed by atoms with E-state index in [1.807, 2.05) is 4.90 Å². The van der Waals surface area contributed by atoms with Crippen LogP contribution < -0.4 is 4.74 Å². The number of aromatic nitrogens is 1. The molecular weight excluding hydrogens is 476 g/mol. The zero-order valence-electron chi connectivity index (χ0n) is 17.0. The maximum Gasteiger partial charge on any atom is 0.433 e. The topological polar surface area (TPSA) is 62.7 Å². The molecule has 0 amide bonds. The number of hydrogen-bond donors (Lipinski definition) is 0. The van der Waals surface area contributed by atoms with Crippen LogP contribution in [-0.4, -0.2) is 60.9 Å². The number of ether oxygens (including phenoxy) is 1. The average Bonchev–Trinajstić information content (AvgIpc) is 3.14. The van der Waals surface area contributed by atoms with Crippen LogP contribution in [0.5, 0.6) is 5.75 Å². The van der Waals surface area contributed by atoms with Crippen LogP contribution in [0.15, 0.2) is 47.5 Å². The summed E-state index contributed by atoms with van der Waals surface area (Å²) in [5.41, 5.74) is -1.96. The van der Waals surface area contributed by atoms with Crippen LogP contribution in [0.25, 0.3) is 0 Å². The van der Waals surface area contributed by atoms with E-state index < -0.39 is 33.6 Å². The van der Waals surface area contributed by atoms with Gasteiger partial charge in [0, 0.05) is 38.6 Å². The van der Waals surface area contributed by atoms with Gasteiger partial charge in [0.1, 0.15) is 17.5 Å². The molecule has 1 aromatic carbocycles. The van der Waals surface area contributed by atoms with Crippen molar-refractivity contribution in [2.75, 3.05) is 26.2 Å². The molecule has 33 heavy (non-hydrogen) atoms. The summed E-state index contributed by atoms with van der Waals surface area (Å²) in [5, 5.41) is 0. The highest BCUT2D eigenvalue weighted by Crippen LogP contribution is 2.32. The van der Waals surface area contributed by atoms with Gasteiger partial charge in [-0.15, -0.1) is 0 Å². The van der Waals surface area contributed by atoms with E-state index in [2.05, 4.69) is 4.98 Å². The first-order valence-corrected chi connectivity index (χ1v) is 11.4. The van der Waals surface area contributed by atoms with Crippen LogP contribution >= 0.6 is 0 Å². The van der Waals surface area contributed by atoms with Gasteiger partial charge in [-0.25, -0.2) is 13.4 Å². The number of nitrogens with zero attached hydrogens (tertiary/aromatic N) is 3. The van der Waals surface area contributed by atoms with Gasteiger partial charge in [0.05, 0.1) is 16.7 Å². The highest BCUT2D eigenvalue weighted by atomic mass is 32.2. The van der Waals surface area contributed by atoms with E-state index in [0.29, 0.717) is 19.5 Å². The highest BCUT2D eigenvalue weighted by molar-refractivity contribution is 7.89. The molecule has 1 aromatic heterocycles. The fraction of sp³-hybridized carbons (Fsp3) is 0.450. The molecule has 3 heterocycles. The normalized spacial score (nSPS) is 22.8. The smallest absolute Gasteiger partial charge is 0.433 e. The molecule has 2 fully saturated rings. The number of hydrogen-bond acceptors (Lipinski definition) is 5. The van der Waals surface area contributed by atoms with Crippen molar-refractivity contribution in [2.24, 2.45) is 0 Å². The number of benzene rings is 1. The van der Waals surface area contributed by atoms with E-state index in [1.165, 1.54) is 10.4 Å². The SMILES string of the molecule is O=S(=O)(c1ccc(C(F)(F)F)cc1)N1CCN2C[C@H](Oc3ccc(C(F)(F)F)nc3)C[C@H]2C1. The van der Waals surface area contributed by atoms with Gasteiger partial charge in [0.2, 0.25) is 10.0 Å². The molecule has 0 N–H and O–H groups in total. The monoisotopic (exact) mass is 495 g/mol. The van der Waals surface area contributed by atoms with Crippen molar-refractivity contribution < 1.29 is 39.5 Å². The molecule has 0 saturated carbocycles. The van der Waals surface area contributed by atoms with Gasteiger partial charge in [-0.05, 0) is 36.4 Å². The van der Waals surface area contributed by atoms with Crippen LogP contribution in [0, 0.1) is 0 Å². The summed E-state index contributed by atoms with van der Waals surface area (Å²) in [5.74, 6) is 0.182. The van der Waals surface area contributed by atoms with Crippen molar-refractivity contribution in [2.45, 2.75) is 35.8 Å². The Morgan fingerprint density at radius 2 is 1.61 bits per heavy atom. The van der Waals surface area contributed by atoms with Crippen LogP contribution in [0.3, 0.4) is 0 Å². The molecule has 6 nitrogen and oxygen atoms in total. The first-order chi connectivity index (χ1) is 15.3. The van der Waals surface area contributed by atoms with Crippen LogP contribution in [0.2, 0.25) is 0 Å². The first-order valence-electron chi connectivity index (χ1n) is 9.95. The number of piperazine rings is 1. The third-order valence-corrected chi connectivity index (χ3v) is 7.57. The molecule has 0 bridgehead atoms. The van der Waals surface area contributed by atoms with Crippen molar-refractivity contribution >= 4 is 10.0 Å². The minimum Gasteiger partial charge on any atom is -0.487 e. The molecule has 0 radical (unpaired) electrons. The molecule has 2 atom stereocenters. The number of fused-ring (bicyclic) bond motifs is 1. The van der Waals surface area contributed by atoms with Gasteiger partial charge in [-0.3, -0.25) is 4.90 Å². The van der Waals surface area contributed by atoms with Gasteiger partial charge >= 0.3 is 12.4 Å². The predicted octanol–water partition coefficient (Wildman–Crippen LogP) is 3.65. The lowest BCUT2D eigenvalue weighted by atomic mass is 10.2. The van der Waals surface area contributed by atoms with E-state index in [-0.39, 0.29) is 35.9 Å². The Morgan fingerprint density at radius 1 is 0.909 bits per heavy atom. The molecule has 2 saturated heterocycles. The Kier molecular flexibility index (Phi) is 6.08. The number of alkyl halides is 6. The van der Waals surface area contributed by atoms with Gasteiger partial charge in [-0.1, -0.05) is 0 Å². The molecule has 4 rings (SSSR count). The zero-order valence-corrected chi connectivity index (χ0v) is 17.8. The third-order valence-electron chi connectivity index (χ3n) is 5.69. The van der Waals surface area contributed by atoms with E-state index in [0.717, 1.165) is 36.5 Å². The molecule has 13 heteroatoms. The molecule has 2 aliphatic heterocycles. The van der Waals surface area contributed by atoms with Crippen LogP contribution in [-0.2, 0) is 22.4 Å². The standard InChI is InChI=1S/C20H19F6N3O3S/c21-19(22,23)13-1-4-17(5-2-13)33(30,31)29-8-7-28-12-16(9-14(28)11-29)32-15-3-6-18(27-10-15)20(24,25)26/h1-6,10,14,16H,7-9,11-12H2/t14-,16+/m0/s1. The van der Waals surface area contributed by atoms with Gasteiger partial charge < -0.3 is 4.74 Å². The quantitative estimate of drug-likeness (QED) is 0.607. The minimum absolute atomic E-state index is 0.133.